The van der Waals surface area contributed by atoms with Crippen molar-refractivity contribution in [2.75, 3.05) is 0 Å². The number of hydrogen-bond donors (Lipinski definition) is 1. The Hall–Kier alpha value is -0.460. The minimum absolute atomic E-state index is 0.162. The van der Waals surface area contributed by atoms with Crippen molar-refractivity contribution in [3.8, 4) is 0 Å². The molecule has 0 bridgehead atoms. The van der Waals surface area contributed by atoms with E-state index in [0.29, 0.717) is 0 Å². The number of benzene rings is 1. The van der Waals surface area contributed by atoms with Crippen LogP contribution in [-0.2, 0) is 0 Å². The lowest BCUT2D eigenvalue weighted by atomic mass is 10.0. The van der Waals surface area contributed by atoms with E-state index in [9.17, 15) is 4.39 Å². The van der Waals surface area contributed by atoms with E-state index in [2.05, 4.69) is 28.7 Å². The van der Waals surface area contributed by atoms with E-state index in [-0.39, 0.29) is 11.9 Å². The summed E-state index contributed by atoms with van der Waals surface area (Å²) in [5.41, 5.74) is 8.08. The van der Waals surface area contributed by atoms with Crippen LogP contribution >= 0.6 is 33.9 Å². The first-order chi connectivity index (χ1) is 7.16. The van der Waals surface area contributed by atoms with Gasteiger partial charge < -0.3 is 5.73 Å². The molecule has 1 atom stereocenters. The summed E-state index contributed by atoms with van der Waals surface area (Å²) in [5, 5.41) is 2.04. The van der Waals surface area contributed by atoms with Crippen molar-refractivity contribution in [1.82, 2.24) is 0 Å². The third-order valence-electron chi connectivity index (χ3n) is 2.18. The van der Waals surface area contributed by atoms with Gasteiger partial charge >= 0.3 is 0 Å². The summed E-state index contributed by atoms with van der Waals surface area (Å²) in [5.74, 6) is -0.231. The van der Waals surface area contributed by atoms with Gasteiger partial charge in [0, 0.05) is 0 Å². The van der Waals surface area contributed by atoms with E-state index >= 15 is 0 Å². The van der Waals surface area contributed by atoms with Crippen LogP contribution in [0, 0.1) is 8.70 Å². The number of thiophene rings is 1. The van der Waals surface area contributed by atoms with Crippen molar-refractivity contribution in [2.45, 2.75) is 6.04 Å². The fourth-order valence-electron chi connectivity index (χ4n) is 1.35. The topological polar surface area (TPSA) is 26.0 Å². The Balaban J connectivity index is 2.28. The van der Waals surface area contributed by atoms with Gasteiger partial charge in [-0.15, -0.1) is 11.3 Å². The molecular weight excluding hydrogens is 324 g/mol. The average molecular weight is 333 g/mol. The quantitative estimate of drug-likeness (QED) is 0.836. The van der Waals surface area contributed by atoms with Gasteiger partial charge in [-0.25, -0.2) is 4.39 Å². The molecule has 1 nitrogen and oxygen atoms in total. The first-order valence-electron chi connectivity index (χ1n) is 4.42. The van der Waals surface area contributed by atoms with Crippen molar-refractivity contribution >= 4 is 33.9 Å². The lowest BCUT2D eigenvalue weighted by molar-refractivity contribution is 0.626. The number of rotatable bonds is 2. The molecular formula is C11H9FINS. The summed E-state index contributed by atoms with van der Waals surface area (Å²) in [6.45, 7) is 0. The van der Waals surface area contributed by atoms with E-state index in [1.165, 1.54) is 15.0 Å². The molecule has 1 heterocycles. The second-order valence-electron chi connectivity index (χ2n) is 3.21. The zero-order chi connectivity index (χ0) is 10.8. The normalized spacial score (nSPS) is 12.7. The van der Waals surface area contributed by atoms with Crippen molar-refractivity contribution in [3.05, 3.63) is 55.5 Å². The summed E-state index contributed by atoms with van der Waals surface area (Å²) >= 11 is 3.92. The van der Waals surface area contributed by atoms with Crippen molar-refractivity contribution in [2.24, 2.45) is 5.73 Å². The highest BCUT2D eigenvalue weighted by molar-refractivity contribution is 14.1. The Bertz CT molecular complexity index is 452. The van der Waals surface area contributed by atoms with Crippen molar-refractivity contribution in [1.29, 1.82) is 0 Å². The minimum atomic E-state index is -0.231. The van der Waals surface area contributed by atoms with Crippen LogP contribution in [0.25, 0.3) is 0 Å². The molecule has 0 aliphatic carbocycles. The van der Waals surface area contributed by atoms with Gasteiger partial charge in [0.2, 0.25) is 0 Å². The second-order valence-corrected chi connectivity index (χ2v) is 6.02. The van der Waals surface area contributed by atoms with Gasteiger partial charge in [0.05, 0.1) is 8.93 Å². The fourth-order valence-corrected chi connectivity index (χ4v) is 2.76. The van der Waals surface area contributed by atoms with Gasteiger partial charge in [-0.1, -0.05) is 12.1 Å². The Labute approximate surface area is 105 Å². The van der Waals surface area contributed by atoms with E-state index in [0.717, 1.165) is 11.1 Å². The predicted molar refractivity (Wildman–Crippen MR) is 69.5 cm³/mol. The van der Waals surface area contributed by atoms with Gasteiger partial charge in [0.15, 0.2) is 0 Å². The summed E-state index contributed by atoms with van der Waals surface area (Å²) in [6.07, 6.45) is 0. The molecule has 15 heavy (non-hydrogen) atoms. The van der Waals surface area contributed by atoms with E-state index in [1.54, 1.807) is 23.5 Å². The summed E-state index contributed by atoms with van der Waals surface area (Å²) in [7, 11) is 0. The smallest absolute Gasteiger partial charge is 0.123 e. The Kier molecular flexibility index (Phi) is 3.38. The van der Waals surface area contributed by atoms with Crippen LogP contribution in [0.1, 0.15) is 17.2 Å². The molecule has 0 fully saturated rings. The Morgan fingerprint density at radius 3 is 2.40 bits per heavy atom. The van der Waals surface area contributed by atoms with Crippen molar-refractivity contribution in [3.63, 3.8) is 0 Å². The molecule has 0 saturated heterocycles. The summed E-state index contributed by atoms with van der Waals surface area (Å²) in [6, 6.07) is 8.22. The Morgan fingerprint density at radius 2 is 1.87 bits per heavy atom. The highest BCUT2D eigenvalue weighted by Crippen LogP contribution is 2.25. The molecule has 0 saturated carbocycles. The van der Waals surface area contributed by atoms with Crippen LogP contribution in [0.4, 0.5) is 4.39 Å². The SMILES string of the molecule is NC(c1ccc(F)cc1)c1csc(I)c1. The van der Waals surface area contributed by atoms with Gasteiger partial charge in [0.25, 0.3) is 0 Å². The highest BCUT2D eigenvalue weighted by Gasteiger charge is 2.10. The summed E-state index contributed by atoms with van der Waals surface area (Å²) in [4.78, 5) is 0. The predicted octanol–water partition coefficient (Wildman–Crippen LogP) is 3.54. The molecule has 4 heteroatoms. The number of halogens is 2. The van der Waals surface area contributed by atoms with Crippen LogP contribution in [0.2, 0.25) is 0 Å². The zero-order valence-corrected chi connectivity index (χ0v) is 10.8. The van der Waals surface area contributed by atoms with Crippen LogP contribution in [0.3, 0.4) is 0 Å². The van der Waals surface area contributed by atoms with Crippen molar-refractivity contribution < 1.29 is 4.39 Å². The lowest BCUT2D eigenvalue weighted by Gasteiger charge is -2.09. The van der Waals surface area contributed by atoms with Crippen LogP contribution in [-0.4, -0.2) is 0 Å². The fraction of sp³-hybridized carbons (Fsp3) is 0.0909. The minimum Gasteiger partial charge on any atom is -0.320 e. The molecule has 78 valence electrons. The van der Waals surface area contributed by atoms with Crippen LogP contribution < -0.4 is 5.73 Å². The molecule has 0 amide bonds. The summed E-state index contributed by atoms with van der Waals surface area (Å²) < 4.78 is 13.9. The van der Waals surface area contributed by atoms with Gasteiger partial charge in [-0.2, -0.15) is 0 Å². The largest absolute Gasteiger partial charge is 0.320 e. The molecule has 2 N–H and O–H groups in total. The molecule has 0 spiro atoms. The molecule has 1 aromatic heterocycles. The first-order valence-corrected chi connectivity index (χ1v) is 6.37. The van der Waals surface area contributed by atoms with Gasteiger partial charge in [-0.3, -0.25) is 0 Å². The molecule has 2 aromatic rings. The average Bonchev–Trinajstić information content (AvgIpc) is 2.65. The van der Waals surface area contributed by atoms with E-state index in [1.807, 2.05) is 5.38 Å². The maximum atomic E-state index is 12.7. The third kappa shape index (κ3) is 2.56. The highest BCUT2D eigenvalue weighted by atomic mass is 127. The molecule has 0 aliphatic heterocycles. The zero-order valence-electron chi connectivity index (χ0n) is 7.78. The number of nitrogens with two attached hydrogens (primary N) is 1. The van der Waals surface area contributed by atoms with Gasteiger partial charge in [0.1, 0.15) is 5.82 Å². The van der Waals surface area contributed by atoms with E-state index < -0.39 is 0 Å². The molecule has 0 aliphatic rings. The maximum Gasteiger partial charge on any atom is 0.123 e. The maximum absolute atomic E-state index is 12.7. The second kappa shape index (κ2) is 4.59. The van der Waals surface area contributed by atoms with Crippen LogP contribution in [0.5, 0.6) is 0 Å². The first kappa shape index (κ1) is 11.0. The lowest BCUT2D eigenvalue weighted by Crippen LogP contribution is -2.10. The molecule has 0 radical (unpaired) electrons. The van der Waals surface area contributed by atoms with Crippen LogP contribution in [0.15, 0.2) is 35.7 Å². The Morgan fingerprint density at radius 1 is 1.20 bits per heavy atom. The number of hydrogen-bond acceptors (Lipinski definition) is 2. The molecule has 2 rings (SSSR count). The third-order valence-corrected chi connectivity index (χ3v) is 3.98. The van der Waals surface area contributed by atoms with Gasteiger partial charge in [-0.05, 0) is 57.3 Å². The van der Waals surface area contributed by atoms with E-state index in [4.69, 9.17) is 5.73 Å². The molecule has 1 unspecified atom stereocenters. The standard InChI is InChI=1S/C11H9FINS/c12-9-3-1-7(2-4-9)11(14)8-5-10(13)15-6-8/h1-6,11H,14H2. The monoisotopic (exact) mass is 333 g/mol. The molecule has 1 aromatic carbocycles.